The van der Waals surface area contributed by atoms with Crippen LogP contribution < -0.4 is 14.4 Å². The largest absolute Gasteiger partial charge is 0.534 e. The van der Waals surface area contributed by atoms with Gasteiger partial charge in [-0.15, -0.1) is 0 Å². The van der Waals surface area contributed by atoms with Crippen molar-refractivity contribution in [2.24, 2.45) is 0 Å². The molecular formula is C37H31F3N2O3S. The third kappa shape index (κ3) is 5.86. The van der Waals surface area contributed by atoms with E-state index in [0.717, 1.165) is 39.8 Å². The van der Waals surface area contributed by atoms with Crippen molar-refractivity contribution in [2.75, 3.05) is 23.3 Å². The van der Waals surface area contributed by atoms with E-state index in [0.29, 0.717) is 28.6 Å². The standard InChI is InChI=1S/C37H31F3N2O3S/c1-3-41-33-19-11-17-27-21-30(25-13-7-5-8-14-25)35(23-29(27)33)42(4-2)34-20-12-18-28-22-32(26-15-9-6-10-16-26)36(24-31(28)34)45-46(43,44)37(38,39)40/h5-24,41H,3-4H2,1-2H3. The highest BCUT2D eigenvalue weighted by Gasteiger charge is 2.49. The van der Waals surface area contributed by atoms with E-state index in [1.165, 1.54) is 6.07 Å². The van der Waals surface area contributed by atoms with E-state index in [1.54, 1.807) is 36.4 Å². The number of fused-ring (bicyclic) bond motifs is 2. The van der Waals surface area contributed by atoms with Crippen LogP contribution in [-0.2, 0) is 10.1 Å². The molecule has 0 bridgehead atoms. The van der Waals surface area contributed by atoms with Crippen LogP contribution in [0.4, 0.5) is 30.2 Å². The van der Waals surface area contributed by atoms with Crippen molar-refractivity contribution in [1.29, 1.82) is 0 Å². The summed E-state index contributed by atoms with van der Waals surface area (Å²) in [7, 11) is -5.94. The zero-order valence-electron chi connectivity index (χ0n) is 25.2. The number of hydrogen-bond acceptors (Lipinski definition) is 5. The van der Waals surface area contributed by atoms with Gasteiger partial charge in [0.25, 0.3) is 0 Å². The van der Waals surface area contributed by atoms with Crippen LogP contribution in [0.1, 0.15) is 13.8 Å². The van der Waals surface area contributed by atoms with Crippen molar-refractivity contribution in [3.63, 3.8) is 0 Å². The molecule has 234 valence electrons. The smallest absolute Gasteiger partial charge is 0.385 e. The summed E-state index contributed by atoms with van der Waals surface area (Å²) >= 11 is 0. The average molecular weight is 641 g/mol. The third-order valence-electron chi connectivity index (χ3n) is 7.87. The van der Waals surface area contributed by atoms with Gasteiger partial charge in [-0.2, -0.15) is 21.6 Å². The molecule has 0 radical (unpaired) electrons. The first-order valence-corrected chi connectivity index (χ1v) is 16.3. The van der Waals surface area contributed by atoms with Crippen molar-refractivity contribution >= 4 is 48.7 Å². The average Bonchev–Trinajstić information content (AvgIpc) is 3.05. The lowest BCUT2D eigenvalue weighted by Crippen LogP contribution is -2.28. The Balaban J connectivity index is 1.62. The van der Waals surface area contributed by atoms with Gasteiger partial charge >= 0.3 is 15.6 Å². The maximum Gasteiger partial charge on any atom is 0.534 e. The van der Waals surface area contributed by atoms with Crippen LogP contribution in [0, 0.1) is 0 Å². The van der Waals surface area contributed by atoms with Crippen molar-refractivity contribution in [3.05, 3.63) is 121 Å². The lowest BCUT2D eigenvalue weighted by Gasteiger charge is -2.29. The number of hydrogen-bond donors (Lipinski definition) is 1. The number of benzene rings is 6. The van der Waals surface area contributed by atoms with Gasteiger partial charge in [0.15, 0.2) is 5.75 Å². The molecule has 0 saturated carbocycles. The summed E-state index contributed by atoms with van der Waals surface area (Å²) in [5.74, 6) is -0.407. The highest BCUT2D eigenvalue weighted by Crippen LogP contribution is 2.44. The van der Waals surface area contributed by atoms with Gasteiger partial charge in [-0.05, 0) is 72.1 Å². The molecule has 5 nitrogen and oxygen atoms in total. The number of nitrogens with one attached hydrogen (secondary N) is 1. The van der Waals surface area contributed by atoms with E-state index in [1.807, 2.05) is 74.5 Å². The first-order valence-electron chi connectivity index (χ1n) is 14.9. The van der Waals surface area contributed by atoms with Crippen molar-refractivity contribution < 1.29 is 25.8 Å². The summed E-state index contributed by atoms with van der Waals surface area (Å²) < 4.78 is 70.1. The van der Waals surface area contributed by atoms with Gasteiger partial charge < -0.3 is 14.4 Å². The van der Waals surface area contributed by atoms with Crippen LogP contribution >= 0.6 is 0 Å². The summed E-state index contributed by atoms with van der Waals surface area (Å²) in [5.41, 5.74) is -0.321. The van der Waals surface area contributed by atoms with E-state index >= 15 is 0 Å². The molecule has 0 aliphatic carbocycles. The number of nitrogens with zero attached hydrogens (tertiary/aromatic N) is 1. The Hall–Kier alpha value is -5.02. The van der Waals surface area contributed by atoms with Gasteiger partial charge in [-0.3, -0.25) is 0 Å². The Morgan fingerprint density at radius 2 is 1.26 bits per heavy atom. The topological polar surface area (TPSA) is 58.6 Å². The highest BCUT2D eigenvalue weighted by molar-refractivity contribution is 7.88. The molecule has 0 aliphatic rings. The molecule has 1 N–H and O–H groups in total. The molecule has 0 spiro atoms. The van der Waals surface area contributed by atoms with Crippen LogP contribution in [0.25, 0.3) is 43.8 Å². The van der Waals surface area contributed by atoms with E-state index in [-0.39, 0.29) is 5.56 Å². The quantitative estimate of drug-likeness (QED) is 0.126. The number of halogens is 3. The number of alkyl halides is 3. The molecule has 0 heterocycles. The Kier molecular flexibility index (Phi) is 8.35. The minimum Gasteiger partial charge on any atom is -0.385 e. The third-order valence-corrected chi connectivity index (χ3v) is 8.84. The van der Waals surface area contributed by atoms with Crippen LogP contribution in [-0.4, -0.2) is 27.0 Å². The van der Waals surface area contributed by atoms with Gasteiger partial charge in [-0.1, -0.05) is 84.9 Å². The minimum absolute atomic E-state index is 0.229. The van der Waals surface area contributed by atoms with E-state index in [4.69, 9.17) is 4.18 Å². The first-order chi connectivity index (χ1) is 22.1. The molecular weight excluding hydrogens is 609 g/mol. The monoisotopic (exact) mass is 640 g/mol. The zero-order chi connectivity index (χ0) is 32.5. The molecule has 9 heteroatoms. The number of anilines is 3. The second kappa shape index (κ2) is 12.4. The Morgan fingerprint density at radius 1 is 0.674 bits per heavy atom. The summed E-state index contributed by atoms with van der Waals surface area (Å²) in [5, 5.41) is 6.76. The molecule has 6 aromatic carbocycles. The normalized spacial score (nSPS) is 11.9. The van der Waals surface area contributed by atoms with Gasteiger partial charge in [0.1, 0.15) is 0 Å². The predicted molar refractivity (Wildman–Crippen MR) is 181 cm³/mol. The predicted octanol–water partition coefficient (Wildman–Crippen LogP) is 10.1. The SMILES string of the molecule is CCNc1cccc2cc(-c3ccccc3)c(N(CC)c3cccc4cc(-c5ccccc5)c(OS(=O)(=O)C(F)(F)F)cc34)cc12. The van der Waals surface area contributed by atoms with Crippen molar-refractivity contribution in [2.45, 2.75) is 19.4 Å². The van der Waals surface area contributed by atoms with Crippen LogP contribution in [0.3, 0.4) is 0 Å². The molecule has 0 amide bonds. The molecule has 0 aromatic heterocycles. The van der Waals surface area contributed by atoms with Gasteiger partial charge in [0, 0.05) is 52.1 Å². The summed E-state index contributed by atoms with van der Waals surface area (Å²) in [4.78, 5) is 2.09. The number of rotatable bonds is 9. The molecule has 0 saturated heterocycles. The minimum atomic E-state index is -5.94. The van der Waals surface area contributed by atoms with E-state index in [2.05, 4.69) is 28.4 Å². The van der Waals surface area contributed by atoms with Crippen LogP contribution in [0.2, 0.25) is 0 Å². The Labute approximate surface area is 266 Å². The zero-order valence-corrected chi connectivity index (χ0v) is 26.0. The lowest BCUT2D eigenvalue weighted by atomic mass is 9.96. The Bertz CT molecular complexity index is 2140. The molecule has 0 unspecified atom stereocenters. The first kappa shape index (κ1) is 31.0. The fraction of sp³-hybridized carbons (Fsp3) is 0.135. The molecule has 0 atom stereocenters. The van der Waals surface area contributed by atoms with Gasteiger partial charge in [0.05, 0.1) is 0 Å². The molecule has 0 aliphatic heterocycles. The maximum atomic E-state index is 13.5. The molecule has 6 aromatic rings. The van der Waals surface area contributed by atoms with E-state index in [9.17, 15) is 21.6 Å². The van der Waals surface area contributed by atoms with E-state index < -0.39 is 21.4 Å². The Morgan fingerprint density at radius 3 is 1.87 bits per heavy atom. The molecule has 46 heavy (non-hydrogen) atoms. The lowest BCUT2D eigenvalue weighted by molar-refractivity contribution is -0.0499. The maximum absolute atomic E-state index is 13.5. The highest BCUT2D eigenvalue weighted by atomic mass is 32.2. The van der Waals surface area contributed by atoms with Gasteiger partial charge in [0.2, 0.25) is 0 Å². The van der Waals surface area contributed by atoms with Gasteiger partial charge in [-0.25, -0.2) is 0 Å². The molecule has 6 rings (SSSR count). The fourth-order valence-corrected chi connectivity index (χ4v) is 6.27. The van der Waals surface area contributed by atoms with Crippen molar-refractivity contribution in [1.82, 2.24) is 0 Å². The second-order valence-electron chi connectivity index (χ2n) is 10.7. The summed E-state index contributed by atoms with van der Waals surface area (Å²) in [6.07, 6.45) is 0. The molecule has 0 fully saturated rings. The van der Waals surface area contributed by atoms with Crippen molar-refractivity contribution in [3.8, 4) is 28.0 Å². The van der Waals surface area contributed by atoms with Crippen LogP contribution in [0.15, 0.2) is 121 Å². The second-order valence-corrected chi connectivity index (χ2v) is 12.3. The fourth-order valence-electron chi connectivity index (χ4n) is 5.80. The van der Waals surface area contributed by atoms with Crippen LogP contribution in [0.5, 0.6) is 5.75 Å². The summed E-state index contributed by atoms with van der Waals surface area (Å²) in [6.45, 7) is 5.28. The summed E-state index contributed by atoms with van der Waals surface area (Å²) in [6, 6.07) is 37.6.